The van der Waals surface area contributed by atoms with E-state index in [4.69, 9.17) is 14.7 Å². The standard InChI is InChI=1S/C38H23NO2/c39-24-25-15-17-26(18-16-25)27-19-20-34-35(21-27)41-36-22-31-30-13-7-8-14-32(30)38(28-9-3-1-4-10-28,29-11-5-2-6-12-29)33(31)23-37(36)40-34/h1-23H. The zero-order chi connectivity index (χ0) is 27.4. The van der Waals surface area contributed by atoms with E-state index < -0.39 is 5.41 Å². The predicted molar refractivity (Wildman–Crippen MR) is 160 cm³/mol. The monoisotopic (exact) mass is 525 g/mol. The van der Waals surface area contributed by atoms with Crippen LogP contribution in [0.3, 0.4) is 0 Å². The maximum atomic E-state index is 9.15. The quantitative estimate of drug-likeness (QED) is 0.231. The summed E-state index contributed by atoms with van der Waals surface area (Å²) in [7, 11) is 0. The minimum Gasteiger partial charge on any atom is -0.450 e. The number of hydrogen-bond acceptors (Lipinski definition) is 3. The van der Waals surface area contributed by atoms with Gasteiger partial charge in [-0.2, -0.15) is 5.26 Å². The van der Waals surface area contributed by atoms with Crippen LogP contribution < -0.4 is 9.47 Å². The van der Waals surface area contributed by atoms with Crippen LogP contribution in [0.1, 0.15) is 27.8 Å². The first-order valence-electron chi connectivity index (χ1n) is 13.7. The fraction of sp³-hybridized carbons (Fsp3) is 0.0263. The molecule has 0 bridgehead atoms. The molecular weight excluding hydrogens is 502 g/mol. The number of benzene rings is 6. The fourth-order valence-corrected chi connectivity index (χ4v) is 6.43. The van der Waals surface area contributed by atoms with E-state index in [0.29, 0.717) is 28.6 Å². The number of hydrogen-bond donors (Lipinski definition) is 0. The Labute approximate surface area is 238 Å². The van der Waals surface area contributed by atoms with Crippen molar-refractivity contribution in [3.8, 4) is 51.3 Å². The molecule has 6 aromatic carbocycles. The average molecular weight is 526 g/mol. The molecule has 0 unspecified atom stereocenters. The van der Waals surface area contributed by atoms with Gasteiger partial charge in [0.25, 0.3) is 0 Å². The first-order chi connectivity index (χ1) is 20.3. The summed E-state index contributed by atoms with van der Waals surface area (Å²) in [5, 5.41) is 9.15. The molecule has 1 aliphatic carbocycles. The molecule has 0 atom stereocenters. The molecule has 2 aliphatic rings. The normalized spacial score (nSPS) is 13.4. The maximum Gasteiger partial charge on any atom is 0.170 e. The lowest BCUT2D eigenvalue weighted by Crippen LogP contribution is -2.28. The Hall–Kier alpha value is -5.59. The van der Waals surface area contributed by atoms with Gasteiger partial charge in [0.05, 0.1) is 17.0 Å². The highest BCUT2D eigenvalue weighted by Gasteiger charge is 2.47. The topological polar surface area (TPSA) is 42.2 Å². The molecule has 1 aliphatic heterocycles. The number of ether oxygens (including phenoxy) is 2. The number of nitriles is 1. The summed E-state index contributed by atoms with van der Waals surface area (Å²) in [6, 6.07) is 50.1. The van der Waals surface area contributed by atoms with Crippen molar-refractivity contribution in [1.29, 1.82) is 5.26 Å². The summed E-state index contributed by atoms with van der Waals surface area (Å²) >= 11 is 0. The summed E-state index contributed by atoms with van der Waals surface area (Å²) in [6.45, 7) is 0. The molecule has 192 valence electrons. The van der Waals surface area contributed by atoms with Crippen molar-refractivity contribution < 1.29 is 9.47 Å². The molecule has 3 nitrogen and oxygen atoms in total. The summed E-state index contributed by atoms with van der Waals surface area (Å²) in [5.74, 6) is 2.74. The molecule has 0 aromatic heterocycles. The van der Waals surface area contributed by atoms with Crippen LogP contribution in [-0.4, -0.2) is 0 Å². The zero-order valence-electron chi connectivity index (χ0n) is 22.0. The average Bonchev–Trinajstić information content (AvgIpc) is 3.33. The van der Waals surface area contributed by atoms with Gasteiger partial charge < -0.3 is 9.47 Å². The molecule has 0 N–H and O–H groups in total. The zero-order valence-corrected chi connectivity index (χ0v) is 22.0. The third kappa shape index (κ3) is 3.45. The van der Waals surface area contributed by atoms with Crippen LogP contribution in [0.2, 0.25) is 0 Å². The summed E-state index contributed by atoms with van der Waals surface area (Å²) in [4.78, 5) is 0. The molecule has 0 saturated carbocycles. The Morgan fingerprint density at radius 1 is 0.463 bits per heavy atom. The predicted octanol–water partition coefficient (Wildman–Crippen LogP) is 9.49. The van der Waals surface area contributed by atoms with Gasteiger partial charge in [0, 0.05) is 0 Å². The second-order valence-electron chi connectivity index (χ2n) is 10.4. The molecule has 6 aromatic rings. The first kappa shape index (κ1) is 23.3. The molecule has 0 amide bonds. The van der Waals surface area contributed by atoms with E-state index in [1.54, 1.807) is 0 Å². The van der Waals surface area contributed by atoms with Crippen molar-refractivity contribution in [3.05, 3.63) is 167 Å². The van der Waals surface area contributed by atoms with Crippen molar-refractivity contribution in [2.24, 2.45) is 0 Å². The van der Waals surface area contributed by atoms with Crippen LogP contribution in [0.25, 0.3) is 22.3 Å². The van der Waals surface area contributed by atoms with Crippen molar-refractivity contribution >= 4 is 0 Å². The molecule has 41 heavy (non-hydrogen) atoms. The lowest BCUT2D eigenvalue weighted by atomic mass is 9.67. The second-order valence-corrected chi connectivity index (χ2v) is 10.4. The van der Waals surface area contributed by atoms with Gasteiger partial charge in [-0.1, -0.05) is 103 Å². The smallest absolute Gasteiger partial charge is 0.170 e. The van der Waals surface area contributed by atoms with Crippen molar-refractivity contribution in [2.45, 2.75) is 5.41 Å². The molecule has 8 rings (SSSR count). The lowest BCUT2D eigenvalue weighted by Gasteiger charge is -2.34. The van der Waals surface area contributed by atoms with E-state index in [9.17, 15) is 0 Å². The Kier molecular flexibility index (Phi) is 5.10. The second kappa shape index (κ2) is 8.98. The van der Waals surface area contributed by atoms with Gasteiger partial charge in [-0.05, 0) is 80.9 Å². The Morgan fingerprint density at radius 3 is 1.76 bits per heavy atom. The molecule has 0 radical (unpaired) electrons. The maximum absolute atomic E-state index is 9.15. The third-order valence-corrected chi connectivity index (χ3v) is 8.25. The summed E-state index contributed by atoms with van der Waals surface area (Å²) in [6.07, 6.45) is 0. The van der Waals surface area contributed by atoms with Crippen molar-refractivity contribution in [3.63, 3.8) is 0 Å². The largest absolute Gasteiger partial charge is 0.450 e. The molecule has 0 spiro atoms. The third-order valence-electron chi connectivity index (χ3n) is 8.25. The van der Waals surface area contributed by atoms with Gasteiger partial charge in [0.15, 0.2) is 23.0 Å². The highest BCUT2D eigenvalue weighted by Crippen LogP contribution is 2.59. The van der Waals surface area contributed by atoms with Crippen molar-refractivity contribution in [2.75, 3.05) is 0 Å². The molecule has 1 heterocycles. The number of rotatable bonds is 3. The highest BCUT2D eigenvalue weighted by molar-refractivity contribution is 5.88. The Morgan fingerprint density at radius 2 is 1.05 bits per heavy atom. The van der Waals surface area contributed by atoms with Gasteiger partial charge in [0.1, 0.15) is 0 Å². The van der Waals surface area contributed by atoms with Gasteiger partial charge in [0.2, 0.25) is 0 Å². The Balaban J connectivity index is 1.30. The first-order valence-corrected chi connectivity index (χ1v) is 13.7. The SMILES string of the molecule is N#Cc1ccc(-c2ccc3c(c2)Oc2cc4c(cc2O3)C(c2ccccc2)(c2ccccc2)c2ccccc2-4)cc1. The van der Waals surface area contributed by atoms with E-state index in [1.807, 2.05) is 42.5 Å². The minimum absolute atomic E-state index is 0.493. The van der Waals surface area contributed by atoms with Crippen LogP contribution in [0.5, 0.6) is 23.0 Å². The van der Waals surface area contributed by atoms with Gasteiger partial charge in [-0.25, -0.2) is 0 Å². The van der Waals surface area contributed by atoms with Crippen LogP contribution in [0, 0.1) is 11.3 Å². The molecule has 0 fully saturated rings. The number of fused-ring (bicyclic) bond motifs is 5. The molecule has 3 heteroatoms. The van der Waals surface area contributed by atoms with Gasteiger partial charge in [-0.15, -0.1) is 0 Å². The van der Waals surface area contributed by atoms with E-state index in [1.165, 1.54) is 27.8 Å². The van der Waals surface area contributed by atoms with Crippen LogP contribution in [-0.2, 0) is 5.41 Å². The van der Waals surface area contributed by atoms with Crippen LogP contribution in [0.4, 0.5) is 0 Å². The number of nitrogens with zero attached hydrogens (tertiary/aromatic N) is 1. The molecular formula is C38H23NO2. The van der Waals surface area contributed by atoms with E-state index in [-0.39, 0.29) is 0 Å². The fourth-order valence-electron chi connectivity index (χ4n) is 6.43. The minimum atomic E-state index is -0.493. The van der Waals surface area contributed by atoms with Crippen molar-refractivity contribution in [1.82, 2.24) is 0 Å². The van der Waals surface area contributed by atoms with E-state index in [2.05, 4.69) is 103 Å². The van der Waals surface area contributed by atoms with Gasteiger partial charge in [-0.3, -0.25) is 0 Å². The van der Waals surface area contributed by atoms with E-state index >= 15 is 0 Å². The Bertz CT molecular complexity index is 1950. The summed E-state index contributed by atoms with van der Waals surface area (Å²) < 4.78 is 13.1. The summed E-state index contributed by atoms with van der Waals surface area (Å²) in [5.41, 5.74) is 9.33. The van der Waals surface area contributed by atoms with E-state index in [0.717, 1.165) is 16.7 Å². The van der Waals surface area contributed by atoms with Crippen LogP contribution >= 0.6 is 0 Å². The lowest BCUT2D eigenvalue weighted by molar-refractivity contribution is 0.359. The highest BCUT2D eigenvalue weighted by atomic mass is 16.6. The van der Waals surface area contributed by atoms with Crippen LogP contribution in [0.15, 0.2) is 140 Å². The van der Waals surface area contributed by atoms with Gasteiger partial charge >= 0.3 is 0 Å². The molecule has 0 saturated heterocycles.